The minimum Gasteiger partial charge on any atom is -0.277 e. The Morgan fingerprint density at radius 3 is 2.55 bits per heavy atom. The van der Waals surface area contributed by atoms with Crippen molar-refractivity contribution in [3.63, 3.8) is 0 Å². The first-order chi connectivity index (χ1) is 9.34. The lowest BCUT2D eigenvalue weighted by molar-refractivity contribution is -0.128. The van der Waals surface area contributed by atoms with Crippen molar-refractivity contribution in [2.75, 3.05) is 6.54 Å². The van der Waals surface area contributed by atoms with Crippen LogP contribution in [0.15, 0.2) is 24.3 Å². The third-order valence-corrected chi connectivity index (χ3v) is 3.94. The number of benzene rings is 1. The maximum absolute atomic E-state index is 12.4. The highest BCUT2D eigenvalue weighted by atomic mass is 35.5. The highest BCUT2D eigenvalue weighted by molar-refractivity contribution is 6.14. The lowest BCUT2D eigenvalue weighted by atomic mass is 9.86. The van der Waals surface area contributed by atoms with Gasteiger partial charge in [0.2, 0.25) is 5.91 Å². The first-order valence-corrected chi connectivity index (χ1v) is 7.01. The lowest BCUT2D eigenvalue weighted by Crippen LogP contribution is -2.51. The Balaban J connectivity index is 2.26. The Kier molecular flexibility index (Phi) is 4.16. The predicted molar refractivity (Wildman–Crippen MR) is 78.4 cm³/mol. The molecule has 0 saturated carbocycles. The van der Waals surface area contributed by atoms with Crippen LogP contribution >= 0.6 is 11.8 Å². The largest absolute Gasteiger partial charge is 0.277 e. The van der Waals surface area contributed by atoms with E-state index >= 15 is 0 Å². The molecule has 2 rings (SSSR count). The molecule has 4 nitrogen and oxygen atoms in total. The fraction of sp³-hybridized carbons (Fsp3) is 0.467. The summed E-state index contributed by atoms with van der Waals surface area (Å²) in [5.41, 5.74) is 1.25. The van der Waals surface area contributed by atoms with Crippen LogP contribution in [-0.2, 0) is 11.2 Å². The fourth-order valence-electron chi connectivity index (χ4n) is 2.24. The molecule has 108 valence electrons. The zero-order valence-electron chi connectivity index (χ0n) is 11.9. The minimum atomic E-state index is -0.238. The molecule has 5 heteroatoms. The predicted octanol–water partition coefficient (Wildman–Crippen LogP) is 2.37. The van der Waals surface area contributed by atoms with Gasteiger partial charge >= 0.3 is 0 Å². The van der Waals surface area contributed by atoms with Crippen LogP contribution in [0, 0.1) is 5.41 Å². The van der Waals surface area contributed by atoms with Gasteiger partial charge in [0.25, 0.3) is 5.91 Å². The van der Waals surface area contributed by atoms with E-state index in [0.29, 0.717) is 5.56 Å². The van der Waals surface area contributed by atoms with Crippen LogP contribution in [0.25, 0.3) is 0 Å². The van der Waals surface area contributed by atoms with Crippen LogP contribution < -0.4 is 4.84 Å². The molecule has 1 heterocycles. The number of carbonyl (C=O) groups is 2. The van der Waals surface area contributed by atoms with Crippen LogP contribution in [0.5, 0.6) is 0 Å². The topological polar surface area (TPSA) is 49.4 Å². The molecule has 1 aliphatic heterocycles. The number of amides is 2. The number of rotatable bonds is 3. The van der Waals surface area contributed by atoms with Crippen LogP contribution in [0.1, 0.15) is 36.7 Å². The number of carbonyl (C=O) groups excluding carboxylic acids is 2. The molecule has 1 aromatic carbocycles. The van der Waals surface area contributed by atoms with Crippen molar-refractivity contribution >= 4 is 23.6 Å². The molecule has 2 amide bonds. The number of hydrogen-bond donors (Lipinski definition) is 1. The third kappa shape index (κ3) is 2.86. The molecule has 0 aliphatic carbocycles. The van der Waals surface area contributed by atoms with E-state index in [2.05, 4.69) is 4.84 Å². The number of halogens is 1. The van der Waals surface area contributed by atoms with Gasteiger partial charge in [0.15, 0.2) is 0 Å². The van der Waals surface area contributed by atoms with Gasteiger partial charge in [-0.3, -0.25) is 14.5 Å². The normalized spacial score (nSPS) is 17.1. The number of nitrogens with one attached hydrogen (secondary N) is 1. The summed E-state index contributed by atoms with van der Waals surface area (Å²) in [6, 6.07) is 7.07. The van der Waals surface area contributed by atoms with E-state index in [-0.39, 0.29) is 36.2 Å². The molecule has 1 atom stereocenters. The molecule has 1 aliphatic rings. The van der Waals surface area contributed by atoms with E-state index in [1.807, 2.05) is 39.0 Å². The summed E-state index contributed by atoms with van der Waals surface area (Å²) in [4.78, 5) is 28.6. The zero-order chi connectivity index (χ0) is 14.9. The third-order valence-electron chi connectivity index (χ3n) is 3.68. The van der Waals surface area contributed by atoms with Crippen molar-refractivity contribution in [2.24, 2.45) is 5.41 Å². The molecule has 0 saturated heterocycles. The van der Waals surface area contributed by atoms with Gasteiger partial charge in [-0.25, -0.2) is 4.84 Å². The van der Waals surface area contributed by atoms with Crippen LogP contribution in [-0.4, -0.2) is 29.3 Å². The van der Waals surface area contributed by atoms with Crippen molar-refractivity contribution in [3.05, 3.63) is 35.4 Å². The zero-order valence-corrected chi connectivity index (χ0v) is 12.7. The van der Waals surface area contributed by atoms with Crippen LogP contribution in [0.2, 0.25) is 0 Å². The molecule has 0 spiro atoms. The van der Waals surface area contributed by atoms with Crippen molar-refractivity contribution in [1.82, 2.24) is 9.74 Å². The summed E-state index contributed by atoms with van der Waals surface area (Å²) < 4.78 is 0. The van der Waals surface area contributed by atoms with Crippen LogP contribution in [0.4, 0.5) is 0 Å². The summed E-state index contributed by atoms with van der Waals surface area (Å²) in [7, 11) is 0. The Morgan fingerprint density at radius 2 is 1.95 bits per heavy atom. The van der Waals surface area contributed by atoms with Gasteiger partial charge in [0.1, 0.15) is 0 Å². The van der Waals surface area contributed by atoms with E-state index in [4.69, 9.17) is 11.8 Å². The van der Waals surface area contributed by atoms with E-state index in [1.165, 1.54) is 4.90 Å². The van der Waals surface area contributed by atoms with Gasteiger partial charge < -0.3 is 0 Å². The van der Waals surface area contributed by atoms with Gasteiger partial charge in [-0.1, -0.05) is 39.0 Å². The molecule has 0 unspecified atom stereocenters. The SMILES string of the molecule is CC(C)(C)[C@@H](CN1C(=O)Cc2ccccc2C1=O)NCl. The maximum Gasteiger partial charge on any atom is 0.260 e. The molecular formula is C15H19ClN2O2. The maximum atomic E-state index is 12.4. The molecular weight excluding hydrogens is 276 g/mol. The Labute approximate surface area is 124 Å². The van der Waals surface area contributed by atoms with E-state index in [0.717, 1.165) is 5.56 Å². The highest BCUT2D eigenvalue weighted by Gasteiger charge is 2.35. The van der Waals surface area contributed by atoms with Crippen LogP contribution in [0.3, 0.4) is 0 Å². The summed E-state index contributed by atoms with van der Waals surface area (Å²) >= 11 is 5.77. The molecule has 0 radical (unpaired) electrons. The number of fused-ring (bicyclic) bond motifs is 1. The van der Waals surface area contributed by atoms with Gasteiger partial charge in [0.05, 0.1) is 6.42 Å². The summed E-state index contributed by atoms with van der Waals surface area (Å²) in [6.07, 6.45) is 0.265. The van der Waals surface area contributed by atoms with Gasteiger partial charge in [-0.2, -0.15) is 0 Å². The second-order valence-corrected chi connectivity index (χ2v) is 6.39. The number of nitrogens with zero attached hydrogens (tertiary/aromatic N) is 1. The second-order valence-electron chi connectivity index (χ2n) is 6.17. The standard InChI is InChI=1S/C15H19ClN2O2/c1-15(2,3)12(17-16)9-18-13(19)8-10-6-4-5-7-11(10)14(18)20/h4-7,12,17H,8-9H2,1-3H3/t12-/m1/s1. The first-order valence-electron chi connectivity index (χ1n) is 6.63. The Morgan fingerprint density at radius 1 is 1.30 bits per heavy atom. The molecule has 20 heavy (non-hydrogen) atoms. The van der Waals surface area contributed by atoms with Gasteiger partial charge in [-0.15, -0.1) is 0 Å². The fourth-order valence-corrected chi connectivity index (χ4v) is 2.64. The van der Waals surface area contributed by atoms with Crippen molar-refractivity contribution < 1.29 is 9.59 Å². The number of hydrogen-bond acceptors (Lipinski definition) is 3. The molecule has 0 fully saturated rings. The number of imide groups is 1. The highest BCUT2D eigenvalue weighted by Crippen LogP contribution is 2.24. The average molecular weight is 295 g/mol. The van der Waals surface area contributed by atoms with E-state index < -0.39 is 0 Å². The van der Waals surface area contributed by atoms with E-state index in [1.54, 1.807) is 6.07 Å². The van der Waals surface area contributed by atoms with Gasteiger partial charge in [0, 0.05) is 18.2 Å². The van der Waals surface area contributed by atoms with Crippen molar-refractivity contribution in [3.8, 4) is 0 Å². The first kappa shape index (κ1) is 15.0. The summed E-state index contributed by atoms with van der Waals surface area (Å²) in [6.45, 7) is 6.32. The molecule has 0 bridgehead atoms. The summed E-state index contributed by atoms with van der Waals surface area (Å²) in [5.74, 6) is -0.409. The molecule has 1 aromatic rings. The smallest absolute Gasteiger partial charge is 0.260 e. The summed E-state index contributed by atoms with van der Waals surface area (Å²) in [5, 5.41) is 0. The van der Waals surface area contributed by atoms with Crippen molar-refractivity contribution in [1.29, 1.82) is 0 Å². The quantitative estimate of drug-likeness (QED) is 0.688. The Bertz CT molecular complexity index is 537. The van der Waals surface area contributed by atoms with Gasteiger partial charge in [-0.05, 0) is 28.8 Å². The monoisotopic (exact) mass is 294 g/mol. The minimum absolute atomic E-state index is 0.153. The van der Waals surface area contributed by atoms with Crippen molar-refractivity contribution in [2.45, 2.75) is 33.2 Å². The van der Waals surface area contributed by atoms with E-state index in [9.17, 15) is 9.59 Å². The average Bonchev–Trinajstić information content (AvgIpc) is 2.37. The lowest BCUT2D eigenvalue weighted by Gasteiger charge is -2.35. The second kappa shape index (κ2) is 5.54. The molecule has 1 N–H and O–H groups in total. The Hall–Kier alpha value is -1.39. The molecule has 0 aromatic heterocycles.